The molecule has 3 N–H and O–H groups in total. The Balaban J connectivity index is 3.32. The van der Waals surface area contributed by atoms with Gasteiger partial charge in [0.2, 0.25) is 0 Å². The summed E-state index contributed by atoms with van der Waals surface area (Å²) in [7, 11) is 0. The van der Waals surface area contributed by atoms with Gasteiger partial charge in [0.05, 0.1) is 0 Å². The average molecular weight is 117 g/mol. The maximum atomic E-state index is 8.51. The zero-order chi connectivity index (χ0) is 6.57. The molecule has 0 aliphatic carbocycles. The molecule has 0 amide bonds. The Morgan fingerprint density at radius 3 is 2.62 bits per heavy atom. The van der Waals surface area contributed by atoms with Crippen LogP contribution in [0.3, 0.4) is 0 Å². The molecule has 0 aromatic rings. The van der Waals surface area contributed by atoms with Crippen molar-refractivity contribution in [2.24, 2.45) is 5.73 Å². The second-order valence-electron chi connectivity index (χ2n) is 1.37. The standard InChI is InChI=1S/C5H11NO2/c1-3-8-5(6)4(2)7/h5,7H,2-3,6H2,1H3. The quantitative estimate of drug-likeness (QED) is 0.415. The normalized spacial score (nSPS) is 13.2. The third-order valence-corrected chi connectivity index (χ3v) is 0.675. The Labute approximate surface area is 48.8 Å². The highest BCUT2D eigenvalue weighted by molar-refractivity contribution is 4.85. The van der Waals surface area contributed by atoms with Gasteiger partial charge in [-0.15, -0.1) is 0 Å². The monoisotopic (exact) mass is 117 g/mol. The predicted octanol–water partition coefficient (Wildman–Crippen LogP) is 0.379. The number of hydrogen-bond donors (Lipinski definition) is 2. The molecular weight excluding hydrogens is 106 g/mol. The van der Waals surface area contributed by atoms with Gasteiger partial charge in [-0.2, -0.15) is 0 Å². The van der Waals surface area contributed by atoms with E-state index in [0.29, 0.717) is 6.61 Å². The van der Waals surface area contributed by atoms with Gasteiger partial charge in [0.1, 0.15) is 5.76 Å². The number of ether oxygens (including phenoxy) is 1. The van der Waals surface area contributed by atoms with Gasteiger partial charge in [0.25, 0.3) is 0 Å². The Kier molecular flexibility index (Phi) is 3.23. The first kappa shape index (κ1) is 7.46. The molecule has 0 saturated heterocycles. The van der Waals surface area contributed by atoms with Crippen molar-refractivity contribution in [3.63, 3.8) is 0 Å². The van der Waals surface area contributed by atoms with Crippen molar-refractivity contribution >= 4 is 0 Å². The van der Waals surface area contributed by atoms with Gasteiger partial charge in [0.15, 0.2) is 6.23 Å². The summed E-state index contributed by atoms with van der Waals surface area (Å²) in [6, 6.07) is 0. The van der Waals surface area contributed by atoms with Crippen molar-refractivity contribution in [1.29, 1.82) is 0 Å². The highest BCUT2D eigenvalue weighted by atomic mass is 16.5. The van der Waals surface area contributed by atoms with Crippen LogP contribution in [-0.4, -0.2) is 17.9 Å². The van der Waals surface area contributed by atoms with Crippen molar-refractivity contribution in [3.8, 4) is 0 Å². The summed E-state index contributed by atoms with van der Waals surface area (Å²) in [5.74, 6) is -0.133. The van der Waals surface area contributed by atoms with Crippen molar-refractivity contribution < 1.29 is 9.84 Å². The van der Waals surface area contributed by atoms with Gasteiger partial charge in [-0.3, -0.25) is 5.73 Å². The second kappa shape index (κ2) is 3.46. The summed E-state index contributed by atoms with van der Waals surface area (Å²) in [4.78, 5) is 0. The molecule has 1 unspecified atom stereocenters. The summed E-state index contributed by atoms with van der Waals surface area (Å²) in [6.45, 7) is 5.46. The van der Waals surface area contributed by atoms with E-state index in [1.54, 1.807) is 6.92 Å². The average Bonchev–Trinajstić information content (AvgIpc) is 1.67. The summed E-state index contributed by atoms with van der Waals surface area (Å²) < 4.78 is 4.73. The number of hydrogen-bond acceptors (Lipinski definition) is 3. The molecule has 0 heterocycles. The van der Waals surface area contributed by atoms with Crippen LogP contribution < -0.4 is 5.73 Å². The lowest BCUT2D eigenvalue weighted by atomic mass is 10.5. The maximum Gasteiger partial charge on any atom is 0.163 e. The van der Waals surface area contributed by atoms with Crippen molar-refractivity contribution in [2.75, 3.05) is 6.61 Å². The molecule has 0 spiro atoms. The van der Waals surface area contributed by atoms with Crippen molar-refractivity contribution in [3.05, 3.63) is 12.3 Å². The Morgan fingerprint density at radius 2 is 2.50 bits per heavy atom. The molecule has 0 aliphatic heterocycles. The zero-order valence-electron chi connectivity index (χ0n) is 4.92. The molecule has 0 saturated carbocycles. The Morgan fingerprint density at radius 1 is 2.00 bits per heavy atom. The summed E-state index contributed by atoms with van der Waals surface area (Å²) in [5.41, 5.74) is 5.16. The fourth-order valence-electron chi connectivity index (χ4n) is 0.276. The van der Waals surface area contributed by atoms with E-state index in [1.165, 1.54) is 0 Å². The first-order valence-electron chi connectivity index (χ1n) is 2.43. The van der Waals surface area contributed by atoms with Crippen LogP contribution in [0.15, 0.2) is 12.3 Å². The fourth-order valence-corrected chi connectivity index (χ4v) is 0.276. The molecule has 0 fully saturated rings. The van der Waals surface area contributed by atoms with Crippen LogP contribution in [0.5, 0.6) is 0 Å². The van der Waals surface area contributed by atoms with E-state index >= 15 is 0 Å². The largest absolute Gasteiger partial charge is 0.509 e. The van der Waals surface area contributed by atoms with Gasteiger partial charge < -0.3 is 9.84 Å². The van der Waals surface area contributed by atoms with E-state index in [2.05, 4.69) is 6.58 Å². The molecule has 0 aliphatic rings. The van der Waals surface area contributed by atoms with Gasteiger partial charge in [-0.05, 0) is 6.92 Å². The van der Waals surface area contributed by atoms with E-state index in [1.807, 2.05) is 0 Å². The minimum absolute atomic E-state index is 0.133. The molecule has 0 aromatic heterocycles. The Hall–Kier alpha value is -0.540. The molecule has 0 aromatic carbocycles. The first-order valence-corrected chi connectivity index (χ1v) is 2.43. The van der Waals surface area contributed by atoms with E-state index in [9.17, 15) is 0 Å². The molecule has 0 bridgehead atoms. The van der Waals surface area contributed by atoms with Gasteiger partial charge in [0, 0.05) is 6.61 Å². The SMILES string of the molecule is C=C(O)C(N)OCC. The van der Waals surface area contributed by atoms with E-state index in [-0.39, 0.29) is 5.76 Å². The summed E-state index contributed by atoms with van der Waals surface area (Å²) in [5, 5.41) is 8.51. The second-order valence-corrected chi connectivity index (χ2v) is 1.37. The van der Waals surface area contributed by atoms with Gasteiger partial charge in [-0.25, -0.2) is 0 Å². The molecule has 0 rings (SSSR count). The fraction of sp³-hybridized carbons (Fsp3) is 0.600. The van der Waals surface area contributed by atoms with Crippen LogP contribution in [0.4, 0.5) is 0 Å². The molecular formula is C5H11NO2. The third-order valence-electron chi connectivity index (χ3n) is 0.675. The zero-order valence-corrected chi connectivity index (χ0v) is 4.92. The molecule has 0 radical (unpaired) electrons. The first-order chi connectivity index (χ1) is 3.68. The molecule has 3 nitrogen and oxygen atoms in total. The van der Waals surface area contributed by atoms with Crippen molar-refractivity contribution in [1.82, 2.24) is 0 Å². The molecule has 1 atom stereocenters. The predicted molar refractivity (Wildman–Crippen MR) is 31.4 cm³/mol. The third kappa shape index (κ3) is 2.60. The summed E-state index contributed by atoms with van der Waals surface area (Å²) in [6.07, 6.45) is -0.722. The lowest BCUT2D eigenvalue weighted by Crippen LogP contribution is -2.25. The number of aliphatic hydroxyl groups excluding tert-OH is 1. The molecule has 48 valence electrons. The number of aliphatic hydroxyl groups is 1. The topological polar surface area (TPSA) is 55.5 Å². The highest BCUT2D eigenvalue weighted by Crippen LogP contribution is 1.90. The minimum Gasteiger partial charge on any atom is -0.509 e. The summed E-state index contributed by atoms with van der Waals surface area (Å²) >= 11 is 0. The van der Waals surface area contributed by atoms with Crippen LogP contribution in [-0.2, 0) is 4.74 Å². The van der Waals surface area contributed by atoms with E-state index in [0.717, 1.165) is 0 Å². The van der Waals surface area contributed by atoms with Gasteiger partial charge >= 0.3 is 0 Å². The minimum atomic E-state index is -0.722. The van der Waals surface area contributed by atoms with Crippen LogP contribution in [0.25, 0.3) is 0 Å². The van der Waals surface area contributed by atoms with Crippen LogP contribution in [0.1, 0.15) is 6.92 Å². The lowest BCUT2D eigenvalue weighted by molar-refractivity contribution is 0.0631. The lowest BCUT2D eigenvalue weighted by Gasteiger charge is -2.07. The smallest absolute Gasteiger partial charge is 0.163 e. The van der Waals surface area contributed by atoms with Gasteiger partial charge in [-0.1, -0.05) is 6.58 Å². The number of nitrogens with two attached hydrogens (primary N) is 1. The van der Waals surface area contributed by atoms with E-state index < -0.39 is 6.23 Å². The van der Waals surface area contributed by atoms with Crippen LogP contribution in [0, 0.1) is 0 Å². The molecule has 8 heavy (non-hydrogen) atoms. The highest BCUT2D eigenvalue weighted by Gasteiger charge is 2.01. The Bertz CT molecular complexity index is 82.5. The maximum absolute atomic E-state index is 8.51. The molecule has 3 heteroatoms. The number of rotatable bonds is 3. The van der Waals surface area contributed by atoms with Crippen molar-refractivity contribution in [2.45, 2.75) is 13.2 Å². The van der Waals surface area contributed by atoms with E-state index in [4.69, 9.17) is 15.6 Å². The van der Waals surface area contributed by atoms with Crippen LogP contribution >= 0.6 is 0 Å². The van der Waals surface area contributed by atoms with Crippen LogP contribution in [0.2, 0.25) is 0 Å².